The van der Waals surface area contributed by atoms with E-state index in [1.54, 1.807) is 36.6 Å². The number of thiazole rings is 1. The third-order valence-electron chi connectivity index (χ3n) is 3.23. The van der Waals surface area contributed by atoms with Gasteiger partial charge in [0.05, 0.1) is 29.5 Å². The van der Waals surface area contributed by atoms with Gasteiger partial charge in [0.15, 0.2) is 4.80 Å². The van der Waals surface area contributed by atoms with E-state index in [2.05, 4.69) is 4.99 Å². The van der Waals surface area contributed by atoms with Crippen LogP contribution in [0.1, 0.15) is 30.6 Å². The first-order valence-corrected chi connectivity index (χ1v) is 8.26. The maximum Gasteiger partial charge on any atom is 0.338 e. The van der Waals surface area contributed by atoms with E-state index in [-0.39, 0.29) is 25.5 Å². The number of aromatic nitrogens is 1. The predicted molar refractivity (Wildman–Crippen MR) is 88.6 cm³/mol. The largest absolute Gasteiger partial charge is 0.468 e. The monoisotopic (exact) mass is 350 g/mol. The second-order valence-electron chi connectivity index (χ2n) is 4.81. The molecule has 0 unspecified atom stereocenters. The van der Waals surface area contributed by atoms with Crippen LogP contribution in [-0.4, -0.2) is 36.1 Å². The van der Waals surface area contributed by atoms with Crippen molar-refractivity contribution < 1.29 is 23.9 Å². The molecule has 1 heterocycles. The van der Waals surface area contributed by atoms with E-state index in [1.165, 1.54) is 18.4 Å². The molecular weight excluding hydrogens is 332 g/mol. The van der Waals surface area contributed by atoms with Gasteiger partial charge in [-0.1, -0.05) is 18.3 Å². The van der Waals surface area contributed by atoms with Crippen molar-refractivity contribution in [2.45, 2.75) is 26.8 Å². The van der Waals surface area contributed by atoms with Crippen LogP contribution >= 0.6 is 11.3 Å². The third kappa shape index (κ3) is 3.88. The molecule has 0 atom stereocenters. The van der Waals surface area contributed by atoms with Gasteiger partial charge in [0.2, 0.25) is 5.91 Å². The van der Waals surface area contributed by atoms with Gasteiger partial charge >= 0.3 is 11.9 Å². The second kappa shape index (κ2) is 7.87. The Kier molecular flexibility index (Phi) is 5.86. The van der Waals surface area contributed by atoms with Crippen LogP contribution in [0.15, 0.2) is 23.2 Å². The maximum atomic E-state index is 11.9. The molecule has 7 nitrogen and oxygen atoms in total. The Balaban J connectivity index is 2.59. The van der Waals surface area contributed by atoms with Crippen molar-refractivity contribution in [3.63, 3.8) is 0 Å². The zero-order valence-corrected chi connectivity index (χ0v) is 14.5. The SMILES string of the molecule is CCOC(=O)c1ccc2c(c1)sc(=NC(=O)CC)n2CC(=O)OC. The van der Waals surface area contributed by atoms with E-state index < -0.39 is 11.9 Å². The van der Waals surface area contributed by atoms with Crippen molar-refractivity contribution in [3.8, 4) is 0 Å². The Bertz CT molecular complexity index is 850. The highest BCUT2D eigenvalue weighted by Gasteiger charge is 2.14. The summed E-state index contributed by atoms with van der Waals surface area (Å²) in [6, 6.07) is 4.99. The molecular formula is C16H18N2O5S. The number of nitrogens with zero attached hydrogens (tertiary/aromatic N) is 2. The normalized spacial score (nSPS) is 11.5. The highest BCUT2D eigenvalue weighted by molar-refractivity contribution is 7.16. The van der Waals surface area contributed by atoms with Crippen LogP contribution in [0.3, 0.4) is 0 Å². The molecule has 1 aromatic carbocycles. The zero-order valence-electron chi connectivity index (χ0n) is 13.7. The number of carbonyl (C=O) groups excluding carboxylic acids is 3. The molecule has 0 aliphatic heterocycles. The Morgan fingerprint density at radius 1 is 1.25 bits per heavy atom. The Labute approximate surface area is 142 Å². The van der Waals surface area contributed by atoms with Gasteiger partial charge in [-0.25, -0.2) is 4.79 Å². The van der Waals surface area contributed by atoms with Crippen LogP contribution in [0.4, 0.5) is 0 Å². The van der Waals surface area contributed by atoms with Gasteiger partial charge in [0.25, 0.3) is 0 Å². The van der Waals surface area contributed by atoms with Crippen molar-refractivity contribution >= 4 is 39.4 Å². The van der Waals surface area contributed by atoms with Crippen LogP contribution in [0, 0.1) is 0 Å². The van der Waals surface area contributed by atoms with Gasteiger partial charge in [-0.15, -0.1) is 0 Å². The standard InChI is InChI=1S/C16H18N2O5S/c1-4-13(19)17-16-18(9-14(20)22-3)11-7-6-10(8-12(11)24-16)15(21)23-5-2/h6-8H,4-5,9H2,1-3H3. The van der Waals surface area contributed by atoms with Crippen LogP contribution in [-0.2, 0) is 25.6 Å². The lowest BCUT2D eigenvalue weighted by molar-refractivity contribution is -0.141. The van der Waals surface area contributed by atoms with Crippen LogP contribution < -0.4 is 4.80 Å². The van der Waals surface area contributed by atoms with Crippen molar-refractivity contribution in [3.05, 3.63) is 28.6 Å². The second-order valence-corrected chi connectivity index (χ2v) is 5.82. The molecule has 0 spiro atoms. The number of esters is 2. The summed E-state index contributed by atoms with van der Waals surface area (Å²) in [6.45, 7) is 3.67. The molecule has 24 heavy (non-hydrogen) atoms. The smallest absolute Gasteiger partial charge is 0.338 e. The van der Waals surface area contributed by atoms with E-state index in [0.717, 1.165) is 4.70 Å². The summed E-state index contributed by atoms with van der Waals surface area (Å²) in [5.41, 5.74) is 1.10. The molecule has 0 N–H and O–H groups in total. The first-order valence-electron chi connectivity index (χ1n) is 7.45. The number of carbonyl (C=O) groups is 3. The van der Waals surface area contributed by atoms with Gasteiger partial charge in [-0.3, -0.25) is 9.59 Å². The number of rotatable bonds is 5. The zero-order chi connectivity index (χ0) is 17.7. The molecule has 8 heteroatoms. The first kappa shape index (κ1) is 17.9. The Morgan fingerprint density at radius 2 is 2.00 bits per heavy atom. The molecule has 0 bridgehead atoms. The summed E-state index contributed by atoms with van der Waals surface area (Å²) < 4.78 is 12.0. The molecule has 0 aliphatic rings. The van der Waals surface area contributed by atoms with E-state index in [4.69, 9.17) is 9.47 Å². The average molecular weight is 350 g/mol. The highest BCUT2D eigenvalue weighted by atomic mass is 32.1. The van der Waals surface area contributed by atoms with Crippen molar-refractivity contribution in [2.24, 2.45) is 4.99 Å². The van der Waals surface area contributed by atoms with Crippen LogP contribution in [0.5, 0.6) is 0 Å². The summed E-state index contributed by atoms with van der Waals surface area (Å²) in [4.78, 5) is 39.6. The summed E-state index contributed by atoms with van der Waals surface area (Å²) >= 11 is 1.23. The quantitative estimate of drug-likeness (QED) is 0.769. The lowest BCUT2D eigenvalue weighted by Gasteiger charge is -2.04. The minimum absolute atomic E-state index is 0.0644. The Hall–Kier alpha value is -2.48. The van der Waals surface area contributed by atoms with Crippen molar-refractivity contribution in [2.75, 3.05) is 13.7 Å². The molecule has 2 aromatic rings. The first-order chi connectivity index (χ1) is 11.5. The minimum Gasteiger partial charge on any atom is -0.468 e. The van der Waals surface area contributed by atoms with E-state index in [1.807, 2.05) is 0 Å². The lowest BCUT2D eigenvalue weighted by atomic mass is 10.2. The fourth-order valence-electron chi connectivity index (χ4n) is 2.03. The lowest BCUT2D eigenvalue weighted by Crippen LogP contribution is -2.22. The molecule has 0 saturated carbocycles. The predicted octanol–water partition coefficient (Wildman–Crippen LogP) is 1.89. The average Bonchev–Trinajstić information content (AvgIpc) is 2.91. The van der Waals surface area contributed by atoms with Gasteiger partial charge < -0.3 is 14.0 Å². The fraction of sp³-hybridized carbons (Fsp3) is 0.375. The molecule has 1 amide bonds. The number of amides is 1. The van der Waals surface area contributed by atoms with Gasteiger partial charge in [-0.2, -0.15) is 4.99 Å². The van der Waals surface area contributed by atoms with E-state index in [9.17, 15) is 14.4 Å². The number of ether oxygens (including phenoxy) is 2. The van der Waals surface area contributed by atoms with E-state index in [0.29, 0.717) is 15.9 Å². The third-order valence-corrected chi connectivity index (χ3v) is 4.27. The van der Waals surface area contributed by atoms with Crippen LogP contribution in [0.25, 0.3) is 10.2 Å². The van der Waals surface area contributed by atoms with Gasteiger partial charge in [0.1, 0.15) is 6.54 Å². The highest BCUT2D eigenvalue weighted by Crippen LogP contribution is 2.20. The Morgan fingerprint density at radius 3 is 2.62 bits per heavy atom. The molecule has 2 rings (SSSR count). The summed E-state index contributed by atoms with van der Waals surface area (Å²) in [5.74, 6) is -1.16. The molecule has 0 fully saturated rings. The van der Waals surface area contributed by atoms with Gasteiger partial charge in [0, 0.05) is 6.42 Å². The number of benzene rings is 1. The molecule has 0 radical (unpaired) electrons. The molecule has 0 saturated heterocycles. The molecule has 1 aromatic heterocycles. The van der Waals surface area contributed by atoms with Gasteiger partial charge in [-0.05, 0) is 25.1 Å². The maximum absolute atomic E-state index is 11.9. The number of hydrogen-bond acceptors (Lipinski definition) is 6. The summed E-state index contributed by atoms with van der Waals surface area (Å²) in [5, 5.41) is 0. The number of methoxy groups -OCH3 is 1. The molecule has 128 valence electrons. The number of fused-ring (bicyclic) bond motifs is 1. The fourth-order valence-corrected chi connectivity index (χ4v) is 3.12. The topological polar surface area (TPSA) is 87.0 Å². The van der Waals surface area contributed by atoms with Crippen molar-refractivity contribution in [1.82, 2.24) is 4.57 Å². The number of hydrogen-bond donors (Lipinski definition) is 0. The van der Waals surface area contributed by atoms with E-state index >= 15 is 0 Å². The van der Waals surface area contributed by atoms with Crippen LogP contribution in [0.2, 0.25) is 0 Å². The minimum atomic E-state index is -0.449. The van der Waals surface area contributed by atoms with Crippen molar-refractivity contribution in [1.29, 1.82) is 0 Å². The summed E-state index contributed by atoms with van der Waals surface area (Å²) in [6.07, 6.45) is 0.264. The molecule has 0 aliphatic carbocycles. The summed E-state index contributed by atoms with van der Waals surface area (Å²) in [7, 11) is 1.30.